The van der Waals surface area contributed by atoms with E-state index in [0.29, 0.717) is 0 Å². The van der Waals surface area contributed by atoms with E-state index in [0.717, 1.165) is 14.7 Å². The molecule has 0 saturated carbocycles. The number of thiophene rings is 1. The molecule has 0 nitrogen and oxygen atoms in total. The summed E-state index contributed by atoms with van der Waals surface area (Å²) in [7, 11) is 0. The molecule has 0 amide bonds. The van der Waals surface area contributed by atoms with Crippen molar-refractivity contribution in [1.82, 2.24) is 0 Å². The molecule has 0 aliphatic rings. The van der Waals surface area contributed by atoms with Gasteiger partial charge in [-0.1, -0.05) is 22.0 Å². The van der Waals surface area contributed by atoms with E-state index in [4.69, 9.17) is 0 Å². The van der Waals surface area contributed by atoms with Crippen molar-refractivity contribution in [3.05, 3.63) is 27.5 Å². The first-order valence-electron chi connectivity index (χ1n) is 3.67. The zero-order valence-electron chi connectivity index (χ0n) is 6.55. The van der Waals surface area contributed by atoms with E-state index in [9.17, 15) is 0 Å². The van der Waals surface area contributed by atoms with E-state index in [1.165, 1.54) is 15.6 Å². The van der Waals surface area contributed by atoms with E-state index in [1.807, 2.05) is 6.07 Å². The van der Waals surface area contributed by atoms with Crippen molar-refractivity contribution < 1.29 is 0 Å². The molecule has 68 valence electrons. The molecule has 0 radical (unpaired) electrons. The van der Waals surface area contributed by atoms with Gasteiger partial charge in [-0.3, -0.25) is 0 Å². The van der Waals surface area contributed by atoms with E-state index >= 15 is 0 Å². The first-order valence-corrected chi connectivity index (χ1v) is 6.91. The van der Waals surface area contributed by atoms with Crippen molar-refractivity contribution in [2.24, 2.45) is 0 Å². The smallest absolute Gasteiger partial charge is 0.0499 e. The van der Waals surface area contributed by atoms with Gasteiger partial charge in [-0.2, -0.15) is 0 Å². The Kier molecular flexibility index (Phi) is 3.03. The summed E-state index contributed by atoms with van der Waals surface area (Å²) in [5, 5.41) is 4.40. The fourth-order valence-electron chi connectivity index (χ4n) is 1.21. The lowest BCUT2D eigenvalue weighted by molar-refractivity contribution is 1.47. The number of halogens is 2. The number of alkyl halides is 1. The first-order chi connectivity index (χ1) is 6.24. The van der Waals surface area contributed by atoms with Gasteiger partial charge in [0.15, 0.2) is 0 Å². The van der Waals surface area contributed by atoms with Crippen molar-refractivity contribution in [1.29, 1.82) is 0 Å². The number of rotatable bonds is 1. The van der Waals surface area contributed by atoms with Gasteiger partial charge in [-0.05, 0) is 38.3 Å². The van der Waals surface area contributed by atoms with Gasteiger partial charge in [-0.25, -0.2) is 0 Å². The third kappa shape index (κ3) is 1.69. The summed E-state index contributed by atoms with van der Waals surface area (Å²) >= 11 is 13.1. The molecular formula is C9H6Br2S2. The van der Waals surface area contributed by atoms with Crippen LogP contribution in [0.5, 0.6) is 0 Å². The average molecular weight is 338 g/mol. The highest BCUT2D eigenvalue weighted by Gasteiger charge is 2.07. The highest BCUT2D eigenvalue weighted by atomic mass is 79.9. The zero-order valence-corrected chi connectivity index (χ0v) is 11.4. The second-order valence-corrected chi connectivity index (χ2v) is 5.39. The standard InChI is InChI=1S/C9H6Br2S2/c10-3-5-4-13-9-6(5)1-2-7(12)8(9)11/h1-2,4,12H,3H2. The van der Waals surface area contributed by atoms with Crippen LogP contribution in [0.2, 0.25) is 0 Å². The summed E-state index contributed by atoms with van der Waals surface area (Å²) in [5.41, 5.74) is 1.34. The summed E-state index contributed by atoms with van der Waals surface area (Å²) in [6, 6.07) is 4.14. The number of benzene rings is 1. The SMILES string of the molecule is Sc1ccc2c(CBr)csc2c1Br. The Morgan fingerprint density at radius 3 is 2.85 bits per heavy atom. The third-order valence-corrected chi connectivity index (χ3v) is 5.32. The molecule has 0 saturated heterocycles. The molecule has 0 atom stereocenters. The van der Waals surface area contributed by atoms with Gasteiger partial charge >= 0.3 is 0 Å². The van der Waals surface area contributed by atoms with Gasteiger partial charge in [0, 0.05) is 19.4 Å². The molecule has 0 aliphatic heterocycles. The summed E-state index contributed by atoms with van der Waals surface area (Å²) in [6.07, 6.45) is 0. The fraction of sp³-hybridized carbons (Fsp3) is 0.111. The minimum Gasteiger partial charge on any atom is -0.142 e. The van der Waals surface area contributed by atoms with Gasteiger partial charge in [0.1, 0.15) is 0 Å². The van der Waals surface area contributed by atoms with Gasteiger partial charge in [0.2, 0.25) is 0 Å². The van der Waals surface area contributed by atoms with Crippen molar-refractivity contribution >= 4 is 65.9 Å². The Balaban J connectivity index is 2.81. The highest BCUT2D eigenvalue weighted by molar-refractivity contribution is 9.10. The minimum absolute atomic E-state index is 0.908. The second kappa shape index (κ2) is 3.93. The molecule has 0 spiro atoms. The normalized spacial score (nSPS) is 11.0. The molecular weight excluding hydrogens is 332 g/mol. The average Bonchev–Trinajstić information content (AvgIpc) is 2.55. The Morgan fingerprint density at radius 2 is 2.15 bits per heavy atom. The van der Waals surface area contributed by atoms with Crippen LogP contribution in [0, 0.1) is 0 Å². The van der Waals surface area contributed by atoms with E-state index in [-0.39, 0.29) is 0 Å². The van der Waals surface area contributed by atoms with Crippen LogP contribution in [-0.4, -0.2) is 0 Å². The minimum atomic E-state index is 0.908. The summed E-state index contributed by atoms with van der Waals surface area (Å²) < 4.78 is 2.38. The number of fused-ring (bicyclic) bond motifs is 1. The maximum Gasteiger partial charge on any atom is 0.0499 e. The molecule has 4 heteroatoms. The van der Waals surface area contributed by atoms with Crippen LogP contribution in [-0.2, 0) is 5.33 Å². The van der Waals surface area contributed by atoms with E-state index in [2.05, 4.69) is 55.9 Å². The third-order valence-electron chi connectivity index (χ3n) is 1.89. The molecule has 2 rings (SSSR count). The molecule has 0 bridgehead atoms. The van der Waals surface area contributed by atoms with Crippen LogP contribution in [0.1, 0.15) is 5.56 Å². The van der Waals surface area contributed by atoms with E-state index < -0.39 is 0 Å². The largest absolute Gasteiger partial charge is 0.142 e. The molecule has 0 fully saturated rings. The van der Waals surface area contributed by atoms with Crippen molar-refractivity contribution in [2.75, 3.05) is 0 Å². The maximum absolute atomic E-state index is 4.36. The summed E-state index contributed by atoms with van der Waals surface area (Å²) in [4.78, 5) is 0.996. The lowest BCUT2D eigenvalue weighted by Crippen LogP contribution is -1.74. The maximum atomic E-state index is 4.36. The molecule has 0 aliphatic carbocycles. The van der Waals surface area contributed by atoms with E-state index in [1.54, 1.807) is 11.3 Å². The van der Waals surface area contributed by atoms with Crippen molar-refractivity contribution in [3.8, 4) is 0 Å². The molecule has 1 heterocycles. The topological polar surface area (TPSA) is 0 Å². The number of thiol groups is 1. The molecule has 0 unspecified atom stereocenters. The van der Waals surface area contributed by atoms with Crippen LogP contribution in [0.3, 0.4) is 0 Å². The Morgan fingerprint density at radius 1 is 1.38 bits per heavy atom. The monoisotopic (exact) mass is 336 g/mol. The fourth-order valence-corrected chi connectivity index (χ4v) is 3.79. The second-order valence-electron chi connectivity index (χ2n) is 2.67. The molecule has 13 heavy (non-hydrogen) atoms. The lowest BCUT2D eigenvalue weighted by Gasteiger charge is -1.98. The van der Waals surface area contributed by atoms with Crippen LogP contribution >= 0.6 is 55.8 Å². The Hall–Kier alpha value is 0.490. The number of hydrogen-bond acceptors (Lipinski definition) is 2. The van der Waals surface area contributed by atoms with Crippen molar-refractivity contribution in [3.63, 3.8) is 0 Å². The van der Waals surface area contributed by atoms with Crippen LogP contribution in [0.4, 0.5) is 0 Å². The molecule has 1 aromatic carbocycles. The van der Waals surface area contributed by atoms with Crippen LogP contribution < -0.4 is 0 Å². The lowest BCUT2D eigenvalue weighted by atomic mass is 10.2. The molecule has 1 aromatic heterocycles. The highest BCUT2D eigenvalue weighted by Crippen LogP contribution is 2.36. The van der Waals surface area contributed by atoms with Gasteiger partial charge in [0.05, 0.1) is 0 Å². The molecule has 2 aromatic rings. The Labute approximate surface area is 103 Å². The summed E-state index contributed by atoms with van der Waals surface area (Å²) in [6.45, 7) is 0. The number of hydrogen-bond donors (Lipinski definition) is 1. The predicted octanol–water partition coefficient (Wildman–Crippen LogP) is 4.85. The van der Waals surface area contributed by atoms with Crippen LogP contribution in [0.15, 0.2) is 26.9 Å². The first kappa shape index (κ1) is 10.0. The quantitative estimate of drug-likeness (QED) is 0.558. The molecule has 0 N–H and O–H groups in total. The Bertz CT molecular complexity index is 448. The van der Waals surface area contributed by atoms with Gasteiger partial charge in [-0.15, -0.1) is 24.0 Å². The van der Waals surface area contributed by atoms with Crippen molar-refractivity contribution in [2.45, 2.75) is 10.2 Å². The van der Waals surface area contributed by atoms with Gasteiger partial charge < -0.3 is 0 Å². The van der Waals surface area contributed by atoms with Crippen LogP contribution in [0.25, 0.3) is 10.1 Å². The zero-order chi connectivity index (χ0) is 9.42. The van der Waals surface area contributed by atoms with Gasteiger partial charge in [0.25, 0.3) is 0 Å². The predicted molar refractivity (Wildman–Crippen MR) is 69.4 cm³/mol. The summed E-state index contributed by atoms with van der Waals surface area (Å²) in [5.74, 6) is 0.